The molecule has 0 unspecified atom stereocenters. The monoisotopic (exact) mass is 355 g/mol. The lowest BCUT2D eigenvalue weighted by molar-refractivity contribution is 0.0711. The summed E-state index contributed by atoms with van der Waals surface area (Å²) in [7, 11) is 0. The molecule has 1 saturated carbocycles. The fraction of sp³-hybridized carbons (Fsp3) is 0.588. The highest BCUT2D eigenvalue weighted by Gasteiger charge is 2.39. The largest absolute Gasteiger partial charge is 0.349 e. The molecule has 0 bridgehead atoms. The highest BCUT2D eigenvalue weighted by molar-refractivity contribution is 9.10. The molecule has 1 aliphatic carbocycles. The van der Waals surface area contributed by atoms with Crippen molar-refractivity contribution in [1.82, 2.24) is 5.32 Å². The van der Waals surface area contributed by atoms with Crippen LogP contribution in [0, 0.1) is 16.6 Å². The van der Waals surface area contributed by atoms with Gasteiger partial charge in [-0.25, -0.2) is 4.39 Å². The molecule has 0 saturated heterocycles. The Balaban J connectivity index is 2.16. The van der Waals surface area contributed by atoms with Gasteiger partial charge in [-0.1, -0.05) is 33.8 Å². The Labute approximate surface area is 134 Å². The van der Waals surface area contributed by atoms with Gasteiger partial charge >= 0.3 is 0 Å². The van der Waals surface area contributed by atoms with E-state index in [0.717, 1.165) is 19.3 Å². The van der Waals surface area contributed by atoms with Crippen molar-refractivity contribution in [3.8, 4) is 0 Å². The number of nitrogens with one attached hydrogen (secondary N) is 1. The predicted octanol–water partition coefficient (Wildman–Crippen LogP) is 4.92. The minimum Gasteiger partial charge on any atom is -0.349 e. The van der Waals surface area contributed by atoms with Crippen LogP contribution >= 0.6 is 15.9 Å². The molecule has 2 rings (SSSR count). The summed E-state index contributed by atoms with van der Waals surface area (Å²) in [5.41, 5.74) is 0.469. The van der Waals surface area contributed by atoms with Gasteiger partial charge < -0.3 is 5.32 Å². The van der Waals surface area contributed by atoms with E-state index in [1.165, 1.54) is 6.07 Å². The molecule has 0 aliphatic heterocycles. The molecule has 4 heteroatoms. The van der Waals surface area contributed by atoms with E-state index in [4.69, 9.17) is 0 Å². The van der Waals surface area contributed by atoms with Crippen molar-refractivity contribution in [2.75, 3.05) is 0 Å². The zero-order chi connectivity index (χ0) is 15.8. The topological polar surface area (TPSA) is 29.1 Å². The second-order valence-corrected chi connectivity index (χ2v) is 8.53. The van der Waals surface area contributed by atoms with Crippen LogP contribution in [0.4, 0.5) is 4.39 Å². The summed E-state index contributed by atoms with van der Waals surface area (Å²) in [5, 5.41) is 3.02. The van der Waals surface area contributed by atoms with Crippen molar-refractivity contribution in [2.45, 2.75) is 53.0 Å². The Hall–Kier alpha value is -0.900. The van der Waals surface area contributed by atoms with Crippen LogP contribution in [0.3, 0.4) is 0 Å². The van der Waals surface area contributed by atoms with E-state index in [1.54, 1.807) is 12.1 Å². The molecular formula is C17H23BrFNO. The number of carbonyl (C=O) groups is 1. The molecule has 1 aromatic carbocycles. The quantitative estimate of drug-likeness (QED) is 0.800. The summed E-state index contributed by atoms with van der Waals surface area (Å²) in [6.45, 7) is 8.91. The second kappa shape index (κ2) is 5.71. The Kier molecular flexibility index (Phi) is 4.48. The maximum atomic E-state index is 13.9. The lowest BCUT2D eigenvalue weighted by Crippen LogP contribution is -2.46. The van der Waals surface area contributed by atoms with Gasteiger partial charge in [-0.2, -0.15) is 0 Å². The van der Waals surface area contributed by atoms with Crippen LogP contribution in [0.2, 0.25) is 0 Å². The van der Waals surface area contributed by atoms with E-state index in [0.29, 0.717) is 4.47 Å². The summed E-state index contributed by atoms with van der Waals surface area (Å²) in [5.74, 6) is -0.824. The Morgan fingerprint density at radius 2 is 1.81 bits per heavy atom. The highest BCUT2D eigenvalue weighted by Crippen LogP contribution is 2.45. The minimum absolute atomic E-state index is 0.0859. The van der Waals surface area contributed by atoms with Gasteiger partial charge in [0.15, 0.2) is 0 Å². The first-order chi connectivity index (χ1) is 9.60. The number of carbonyl (C=O) groups excluding carboxylic acids is 1. The summed E-state index contributed by atoms with van der Waals surface area (Å²) in [6.07, 6.45) is 2.98. The Morgan fingerprint density at radius 3 is 2.33 bits per heavy atom. The summed E-state index contributed by atoms with van der Waals surface area (Å²) >= 11 is 3.26. The van der Waals surface area contributed by atoms with Crippen molar-refractivity contribution >= 4 is 21.8 Å². The van der Waals surface area contributed by atoms with Gasteiger partial charge in [-0.3, -0.25) is 4.79 Å². The number of hydrogen-bond donors (Lipinski definition) is 1. The highest BCUT2D eigenvalue weighted by atomic mass is 79.9. The maximum Gasteiger partial charge on any atom is 0.255 e. The van der Waals surface area contributed by atoms with Crippen molar-refractivity contribution < 1.29 is 9.18 Å². The number of hydrogen-bond acceptors (Lipinski definition) is 1. The average Bonchev–Trinajstić information content (AvgIpc) is 2.23. The van der Waals surface area contributed by atoms with Gasteiger partial charge in [0.05, 0.1) is 5.56 Å². The first-order valence-corrected chi connectivity index (χ1v) is 8.14. The summed E-state index contributed by atoms with van der Waals surface area (Å²) < 4.78 is 14.4. The third-order valence-corrected chi connectivity index (χ3v) is 4.74. The number of benzene rings is 1. The molecule has 0 radical (unpaired) electrons. The fourth-order valence-electron chi connectivity index (χ4n) is 3.92. The van der Waals surface area contributed by atoms with Gasteiger partial charge in [0.25, 0.3) is 5.91 Å². The standard InChI is InChI=1S/C17H23BrFNO/c1-16(2)8-11(9-17(3,4)10-16)20-15(21)14-12(18)6-5-7-13(14)19/h5-7,11H,8-10H2,1-4H3,(H,20,21). The van der Waals surface area contributed by atoms with Crippen LogP contribution in [0.15, 0.2) is 22.7 Å². The lowest BCUT2D eigenvalue weighted by Gasteiger charge is -2.45. The molecule has 0 atom stereocenters. The minimum atomic E-state index is -0.490. The van der Waals surface area contributed by atoms with Crippen molar-refractivity contribution in [3.63, 3.8) is 0 Å². The Bertz CT molecular complexity index is 517. The van der Waals surface area contributed by atoms with Gasteiger partial charge in [0, 0.05) is 10.5 Å². The summed E-state index contributed by atoms with van der Waals surface area (Å²) in [6, 6.07) is 4.67. The zero-order valence-electron chi connectivity index (χ0n) is 13.1. The van der Waals surface area contributed by atoms with Crippen molar-refractivity contribution in [1.29, 1.82) is 0 Å². The third kappa shape index (κ3) is 4.06. The molecule has 0 heterocycles. The average molecular weight is 356 g/mol. The molecule has 116 valence electrons. The second-order valence-electron chi connectivity index (χ2n) is 7.68. The molecular weight excluding hydrogens is 333 g/mol. The molecule has 1 aromatic rings. The van der Waals surface area contributed by atoms with Crippen molar-refractivity contribution in [3.05, 3.63) is 34.1 Å². The fourth-order valence-corrected chi connectivity index (χ4v) is 4.44. The SMILES string of the molecule is CC1(C)CC(NC(=O)c2c(F)cccc2Br)CC(C)(C)C1. The Morgan fingerprint density at radius 1 is 1.24 bits per heavy atom. The number of amides is 1. The molecule has 21 heavy (non-hydrogen) atoms. The van der Waals surface area contributed by atoms with Crippen molar-refractivity contribution in [2.24, 2.45) is 10.8 Å². The third-order valence-electron chi connectivity index (χ3n) is 4.08. The van der Waals surface area contributed by atoms with Crippen LogP contribution < -0.4 is 5.32 Å². The molecule has 1 amide bonds. The first-order valence-electron chi connectivity index (χ1n) is 7.35. The van der Waals surface area contributed by atoms with E-state index < -0.39 is 5.82 Å². The van der Waals surface area contributed by atoms with Crippen LogP contribution in [-0.4, -0.2) is 11.9 Å². The van der Waals surface area contributed by atoms with Gasteiger partial charge in [-0.15, -0.1) is 0 Å². The molecule has 0 aromatic heterocycles. The number of halogens is 2. The lowest BCUT2D eigenvalue weighted by atomic mass is 9.63. The maximum absolute atomic E-state index is 13.9. The molecule has 1 fully saturated rings. The molecule has 2 nitrogen and oxygen atoms in total. The smallest absolute Gasteiger partial charge is 0.255 e. The van der Waals surface area contributed by atoms with E-state index in [9.17, 15) is 9.18 Å². The van der Waals surface area contributed by atoms with E-state index in [2.05, 4.69) is 48.9 Å². The van der Waals surface area contributed by atoms with Crippen LogP contribution in [-0.2, 0) is 0 Å². The van der Waals surface area contributed by atoms with E-state index in [1.807, 2.05) is 0 Å². The van der Waals surface area contributed by atoms with Crippen LogP contribution in [0.5, 0.6) is 0 Å². The van der Waals surface area contributed by atoms with Gasteiger partial charge in [0.2, 0.25) is 0 Å². The summed E-state index contributed by atoms with van der Waals surface area (Å²) in [4.78, 5) is 12.4. The van der Waals surface area contributed by atoms with E-state index >= 15 is 0 Å². The molecule has 1 aliphatic rings. The van der Waals surface area contributed by atoms with Gasteiger partial charge in [-0.05, 0) is 58.2 Å². The van der Waals surface area contributed by atoms with Crippen LogP contribution in [0.1, 0.15) is 57.3 Å². The predicted molar refractivity (Wildman–Crippen MR) is 86.8 cm³/mol. The van der Waals surface area contributed by atoms with Crippen LogP contribution in [0.25, 0.3) is 0 Å². The zero-order valence-corrected chi connectivity index (χ0v) is 14.7. The van der Waals surface area contributed by atoms with Gasteiger partial charge in [0.1, 0.15) is 5.82 Å². The normalized spacial score (nSPS) is 21.0. The number of rotatable bonds is 2. The molecule has 0 spiro atoms. The molecule has 1 N–H and O–H groups in total. The first kappa shape index (κ1) is 16.5. The van der Waals surface area contributed by atoms with E-state index in [-0.39, 0.29) is 28.3 Å².